The fourth-order valence-electron chi connectivity index (χ4n) is 2.16. The lowest BCUT2D eigenvalue weighted by Crippen LogP contribution is -2.57. The molecule has 104 valence electrons. The Morgan fingerprint density at radius 1 is 1.42 bits per heavy atom. The SMILES string of the molecule is CCCC1NC(=O)CN(Cc2nc(C)c(C)s2)C1=O. The van der Waals surface area contributed by atoms with E-state index < -0.39 is 0 Å². The number of thiazole rings is 1. The van der Waals surface area contributed by atoms with Crippen molar-refractivity contribution < 1.29 is 9.59 Å². The Hall–Kier alpha value is -1.43. The molecule has 0 saturated carbocycles. The molecule has 1 unspecified atom stereocenters. The molecule has 1 aliphatic heterocycles. The summed E-state index contributed by atoms with van der Waals surface area (Å²) in [6.45, 7) is 6.55. The number of amides is 2. The first-order valence-electron chi connectivity index (χ1n) is 6.52. The number of rotatable bonds is 4. The molecule has 2 rings (SSSR count). The predicted molar refractivity (Wildman–Crippen MR) is 73.8 cm³/mol. The molecule has 2 heterocycles. The van der Waals surface area contributed by atoms with E-state index >= 15 is 0 Å². The fraction of sp³-hybridized carbons (Fsp3) is 0.615. The molecule has 2 amide bonds. The lowest BCUT2D eigenvalue weighted by Gasteiger charge is -2.31. The molecule has 19 heavy (non-hydrogen) atoms. The molecule has 1 N–H and O–H groups in total. The zero-order valence-corrected chi connectivity index (χ0v) is 12.3. The van der Waals surface area contributed by atoms with Gasteiger partial charge in [0.25, 0.3) is 0 Å². The number of carbonyl (C=O) groups is 2. The van der Waals surface area contributed by atoms with E-state index in [0.29, 0.717) is 13.0 Å². The minimum atomic E-state index is -0.367. The third-order valence-electron chi connectivity index (χ3n) is 3.26. The van der Waals surface area contributed by atoms with Crippen LogP contribution in [0.15, 0.2) is 0 Å². The van der Waals surface area contributed by atoms with Crippen molar-refractivity contribution in [1.29, 1.82) is 0 Å². The second-order valence-corrected chi connectivity index (χ2v) is 6.14. The van der Waals surface area contributed by atoms with Crippen LogP contribution in [0.1, 0.15) is 35.3 Å². The first-order chi connectivity index (χ1) is 9.01. The second-order valence-electron chi connectivity index (χ2n) is 4.85. The van der Waals surface area contributed by atoms with Gasteiger partial charge in [-0.25, -0.2) is 4.98 Å². The highest BCUT2D eigenvalue weighted by atomic mass is 32.1. The maximum Gasteiger partial charge on any atom is 0.245 e. The van der Waals surface area contributed by atoms with Gasteiger partial charge in [-0.1, -0.05) is 13.3 Å². The zero-order chi connectivity index (χ0) is 14.0. The predicted octanol–water partition coefficient (Wildman–Crippen LogP) is 1.39. The van der Waals surface area contributed by atoms with Crippen molar-refractivity contribution >= 4 is 23.2 Å². The van der Waals surface area contributed by atoms with Gasteiger partial charge in [0.2, 0.25) is 11.8 Å². The minimum Gasteiger partial charge on any atom is -0.343 e. The smallest absolute Gasteiger partial charge is 0.245 e. The Balaban J connectivity index is 2.09. The van der Waals surface area contributed by atoms with E-state index in [0.717, 1.165) is 22.0 Å². The summed E-state index contributed by atoms with van der Waals surface area (Å²) in [7, 11) is 0. The summed E-state index contributed by atoms with van der Waals surface area (Å²) in [6.07, 6.45) is 1.57. The van der Waals surface area contributed by atoms with E-state index in [1.165, 1.54) is 0 Å². The molecule has 1 saturated heterocycles. The van der Waals surface area contributed by atoms with Crippen molar-refractivity contribution in [3.63, 3.8) is 0 Å². The van der Waals surface area contributed by atoms with Gasteiger partial charge < -0.3 is 10.2 Å². The molecule has 1 aliphatic rings. The number of aromatic nitrogens is 1. The van der Waals surface area contributed by atoms with E-state index in [-0.39, 0.29) is 24.4 Å². The Morgan fingerprint density at radius 2 is 2.16 bits per heavy atom. The highest BCUT2D eigenvalue weighted by Gasteiger charge is 2.32. The second kappa shape index (κ2) is 5.69. The molecular weight excluding hydrogens is 262 g/mol. The van der Waals surface area contributed by atoms with Crippen molar-refractivity contribution in [3.8, 4) is 0 Å². The van der Waals surface area contributed by atoms with Crippen LogP contribution in [-0.2, 0) is 16.1 Å². The number of aryl methyl sites for hydroxylation is 2. The molecule has 0 radical (unpaired) electrons. The van der Waals surface area contributed by atoms with Gasteiger partial charge in [-0.15, -0.1) is 11.3 Å². The Bertz CT molecular complexity index is 479. The first kappa shape index (κ1) is 14.0. The monoisotopic (exact) mass is 281 g/mol. The summed E-state index contributed by atoms with van der Waals surface area (Å²) in [4.78, 5) is 31.1. The van der Waals surface area contributed by atoms with Gasteiger partial charge in [-0.2, -0.15) is 0 Å². The molecule has 0 spiro atoms. The molecule has 1 aromatic rings. The van der Waals surface area contributed by atoms with Crippen LogP contribution in [0.4, 0.5) is 0 Å². The molecule has 0 aliphatic carbocycles. The Morgan fingerprint density at radius 3 is 2.74 bits per heavy atom. The molecule has 1 atom stereocenters. The summed E-state index contributed by atoms with van der Waals surface area (Å²) in [5, 5.41) is 3.65. The van der Waals surface area contributed by atoms with Crippen LogP contribution < -0.4 is 5.32 Å². The quantitative estimate of drug-likeness (QED) is 0.907. The molecule has 1 aromatic heterocycles. The number of hydrogen-bond donors (Lipinski definition) is 1. The van der Waals surface area contributed by atoms with Gasteiger partial charge in [-0.05, 0) is 20.3 Å². The van der Waals surface area contributed by atoms with Crippen molar-refractivity contribution in [1.82, 2.24) is 15.2 Å². The van der Waals surface area contributed by atoms with Gasteiger partial charge in [0.05, 0.1) is 12.2 Å². The van der Waals surface area contributed by atoms with Gasteiger partial charge in [-0.3, -0.25) is 9.59 Å². The third kappa shape index (κ3) is 3.12. The molecule has 5 nitrogen and oxygen atoms in total. The highest BCUT2D eigenvalue weighted by molar-refractivity contribution is 7.11. The van der Waals surface area contributed by atoms with E-state index in [1.54, 1.807) is 16.2 Å². The Labute approximate surface area is 117 Å². The molecule has 1 fully saturated rings. The summed E-state index contributed by atoms with van der Waals surface area (Å²) < 4.78 is 0. The Kier molecular flexibility index (Phi) is 4.19. The van der Waals surface area contributed by atoms with Crippen LogP contribution in [0.3, 0.4) is 0 Å². The van der Waals surface area contributed by atoms with Crippen molar-refractivity contribution in [2.45, 2.75) is 46.2 Å². The number of carbonyl (C=O) groups excluding carboxylic acids is 2. The van der Waals surface area contributed by atoms with E-state index in [9.17, 15) is 9.59 Å². The number of nitrogens with zero attached hydrogens (tertiary/aromatic N) is 2. The number of hydrogen-bond acceptors (Lipinski definition) is 4. The van der Waals surface area contributed by atoms with E-state index in [4.69, 9.17) is 0 Å². The van der Waals surface area contributed by atoms with Crippen LogP contribution in [0, 0.1) is 13.8 Å². The molecule has 0 aromatic carbocycles. The molecule has 0 bridgehead atoms. The van der Waals surface area contributed by atoms with Gasteiger partial charge >= 0.3 is 0 Å². The lowest BCUT2D eigenvalue weighted by atomic mass is 10.1. The molecule has 6 heteroatoms. The number of piperazine rings is 1. The van der Waals surface area contributed by atoms with Crippen LogP contribution in [-0.4, -0.2) is 34.3 Å². The van der Waals surface area contributed by atoms with Crippen LogP contribution in [0.5, 0.6) is 0 Å². The van der Waals surface area contributed by atoms with Gasteiger partial charge in [0.1, 0.15) is 17.6 Å². The maximum absolute atomic E-state index is 12.2. The average molecular weight is 281 g/mol. The highest BCUT2D eigenvalue weighted by Crippen LogP contribution is 2.19. The summed E-state index contributed by atoms with van der Waals surface area (Å²) in [5.74, 6) is -0.0741. The zero-order valence-electron chi connectivity index (χ0n) is 11.5. The van der Waals surface area contributed by atoms with Crippen LogP contribution >= 0.6 is 11.3 Å². The number of nitrogens with one attached hydrogen (secondary N) is 1. The van der Waals surface area contributed by atoms with Crippen LogP contribution in [0.2, 0.25) is 0 Å². The van der Waals surface area contributed by atoms with Crippen LogP contribution in [0.25, 0.3) is 0 Å². The third-order valence-corrected chi connectivity index (χ3v) is 4.31. The average Bonchev–Trinajstić information content (AvgIpc) is 2.65. The van der Waals surface area contributed by atoms with Crippen molar-refractivity contribution in [2.75, 3.05) is 6.54 Å². The normalized spacial score (nSPS) is 19.7. The first-order valence-corrected chi connectivity index (χ1v) is 7.34. The van der Waals surface area contributed by atoms with E-state index in [2.05, 4.69) is 10.3 Å². The van der Waals surface area contributed by atoms with Gasteiger partial charge in [0.15, 0.2) is 0 Å². The lowest BCUT2D eigenvalue weighted by molar-refractivity contribution is -0.145. The van der Waals surface area contributed by atoms with E-state index in [1.807, 2.05) is 20.8 Å². The van der Waals surface area contributed by atoms with Crippen molar-refractivity contribution in [3.05, 3.63) is 15.6 Å². The van der Waals surface area contributed by atoms with Gasteiger partial charge in [0, 0.05) is 4.88 Å². The summed E-state index contributed by atoms with van der Waals surface area (Å²) in [6, 6.07) is -0.367. The molecular formula is C13H19N3O2S. The maximum atomic E-state index is 12.2. The summed E-state index contributed by atoms with van der Waals surface area (Å²) in [5.41, 5.74) is 0.999. The standard InChI is InChI=1S/C13H19N3O2S/c1-4-5-10-13(18)16(6-11(17)15-10)7-12-14-8(2)9(3)19-12/h10H,4-7H2,1-3H3,(H,15,17). The van der Waals surface area contributed by atoms with Crippen molar-refractivity contribution in [2.24, 2.45) is 0 Å². The fourth-order valence-corrected chi connectivity index (χ4v) is 3.11. The summed E-state index contributed by atoms with van der Waals surface area (Å²) >= 11 is 1.59. The topological polar surface area (TPSA) is 62.3 Å². The minimum absolute atomic E-state index is 0.00644. The largest absolute Gasteiger partial charge is 0.343 e.